The van der Waals surface area contributed by atoms with Crippen molar-refractivity contribution in [3.8, 4) is 0 Å². The molecule has 0 spiro atoms. The first-order valence-electron chi connectivity index (χ1n) is 8.86. The molecule has 0 aromatic carbocycles. The molecular weight excluding hydrogens is 302 g/mol. The molecular formula is C18H23N5O. The number of hydrogen-bond donors (Lipinski definition) is 0. The van der Waals surface area contributed by atoms with Crippen molar-refractivity contribution in [1.29, 1.82) is 0 Å². The molecule has 126 valence electrons. The molecule has 2 aromatic heterocycles. The topological polar surface area (TPSA) is 63.9 Å². The number of aromatic nitrogens is 4. The monoisotopic (exact) mass is 325 g/mol. The van der Waals surface area contributed by atoms with E-state index >= 15 is 0 Å². The molecule has 0 saturated carbocycles. The molecule has 6 heteroatoms. The van der Waals surface area contributed by atoms with Gasteiger partial charge in [0.25, 0.3) is 5.56 Å². The summed E-state index contributed by atoms with van der Waals surface area (Å²) in [5.74, 6) is 1.90. The molecule has 0 radical (unpaired) electrons. The number of nitrogens with zero attached hydrogens (tertiary/aromatic N) is 5. The van der Waals surface area contributed by atoms with Crippen LogP contribution in [-0.4, -0.2) is 26.1 Å². The number of anilines is 1. The van der Waals surface area contributed by atoms with E-state index in [0.717, 1.165) is 48.7 Å². The fraction of sp³-hybridized carbons (Fsp3) is 0.556. The zero-order valence-corrected chi connectivity index (χ0v) is 14.4. The summed E-state index contributed by atoms with van der Waals surface area (Å²) in [4.78, 5) is 28.7. The lowest BCUT2D eigenvalue weighted by atomic mass is 9.95. The van der Waals surface area contributed by atoms with Crippen molar-refractivity contribution in [3.05, 3.63) is 45.0 Å². The van der Waals surface area contributed by atoms with Crippen molar-refractivity contribution in [1.82, 2.24) is 19.5 Å². The Kier molecular flexibility index (Phi) is 3.82. The molecule has 0 unspecified atom stereocenters. The van der Waals surface area contributed by atoms with Crippen molar-refractivity contribution in [2.45, 2.75) is 59.0 Å². The minimum atomic E-state index is 0.114. The Hall–Kier alpha value is -2.24. The summed E-state index contributed by atoms with van der Waals surface area (Å²) in [6.07, 6.45) is 6.93. The highest BCUT2D eigenvalue weighted by atomic mass is 16.1. The van der Waals surface area contributed by atoms with E-state index in [2.05, 4.69) is 14.9 Å². The van der Waals surface area contributed by atoms with Gasteiger partial charge in [0.1, 0.15) is 11.6 Å². The third-order valence-electron chi connectivity index (χ3n) is 5.11. The summed E-state index contributed by atoms with van der Waals surface area (Å²) in [5, 5.41) is 0. The Morgan fingerprint density at radius 3 is 2.75 bits per heavy atom. The molecule has 0 amide bonds. The van der Waals surface area contributed by atoms with E-state index in [-0.39, 0.29) is 5.56 Å². The second-order valence-electron chi connectivity index (χ2n) is 6.66. The minimum absolute atomic E-state index is 0.114. The van der Waals surface area contributed by atoms with Crippen LogP contribution >= 0.6 is 0 Å². The molecule has 0 saturated heterocycles. The van der Waals surface area contributed by atoms with Crippen LogP contribution in [0.2, 0.25) is 0 Å². The average Bonchev–Trinajstić information content (AvgIpc) is 2.61. The number of fused-ring (bicyclic) bond motifs is 2. The average molecular weight is 325 g/mol. The van der Waals surface area contributed by atoms with E-state index in [1.807, 2.05) is 13.8 Å². The Balaban J connectivity index is 1.72. The second kappa shape index (κ2) is 6.00. The van der Waals surface area contributed by atoms with Crippen LogP contribution in [0, 0.1) is 6.92 Å². The van der Waals surface area contributed by atoms with Crippen molar-refractivity contribution >= 4 is 5.82 Å². The molecule has 3 heterocycles. The van der Waals surface area contributed by atoms with E-state index < -0.39 is 0 Å². The van der Waals surface area contributed by atoms with Crippen LogP contribution in [0.1, 0.15) is 48.1 Å². The van der Waals surface area contributed by atoms with Crippen molar-refractivity contribution < 1.29 is 0 Å². The SMILES string of the molecule is CCn1cnc2c(c1=O)CCN(c1nc(C)nc3c1CCCC3)C2. The smallest absolute Gasteiger partial charge is 0.256 e. The Morgan fingerprint density at radius 1 is 1.08 bits per heavy atom. The summed E-state index contributed by atoms with van der Waals surface area (Å²) < 4.78 is 1.69. The van der Waals surface area contributed by atoms with Gasteiger partial charge in [0.15, 0.2) is 0 Å². The quantitative estimate of drug-likeness (QED) is 0.842. The van der Waals surface area contributed by atoms with Crippen LogP contribution in [0.4, 0.5) is 5.82 Å². The van der Waals surface area contributed by atoms with Gasteiger partial charge in [0, 0.05) is 29.9 Å². The van der Waals surface area contributed by atoms with Gasteiger partial charge in [-0.05, 0) is 46.0 Å². The lowest BCUT2D eigenvalue weighted by Gasteiger charge is -2.32. The van der Waals surface area contributed by atoms with E-state index in [4.69, 9.17) is 4.98 Å². The fourth-order valence-electron chi connectivity index (χ4n) is 3.82. The normalized spacial score (nSPS) is 16.7. The lowest BCUT2D eigenvalue weighted by Crippen LogP contribution is -2.38. The van der Waals surface area contributed by atoms with Gasteiger partial charge in [-0.3, -0.25) is 9.36 Å². The predicted molar refractivity (Wildman–Crippen MR) is 92.3 cm³/mol. The van der Waals surface area contributed by atoms with Gasteiger partial charge in [-0.25, -0.2) is 15.0 Å². The standard InChI is InChI=1S/C18H23N5O/c1-3-22-11-19-16-10-23(9-8-14(16)18(22)24)17-13-6-4-5-7-15(13)20-12(2)21-17/h11H,3-10H2,1-2H3. The van der Waals surface area contributed by atoms with Gasteiger partial charge in [-0.2, -0.15) is 0 Å². The van der Waals surface area contributed by atoms with E-state index in [0.29, 0.717) is 13.1 Å². The van der Waals surface area contributed by atoms with Crippen molar-refractivity contribution in [3.63, 3.8) is 0 Å². The maximum absolute atomic E-state index is 12.5. The molecule has 4 rings (SSSR count). The van der Waals surface area contributed by atoms with Crippen LogP contribution in [0.3, 0.4) is 0 Å². The fourth-order valence-corrected chi connectivity index (χ4v) is 3.82. The van der Waals surface area contributed by atoms with Gasteiger partial charge in [-0.1, -0.05) is 0 Å². The van der Waals surface area contributed by atoms with Gasteiger partial charge in [0.05, 0.1) is 18.6 Å². The highest BCUT2D eigenvalue weighted by molar-refractivity contribution is 5.52. The molecule has 0 fully saturated rings. The van der Waals surface area contributed by atoms with Gasteiger partial charge in [0.2, 0.25) is 0 Å². The van der Waals surface area contributed by atoms with Crippen LogP contribution in [0.5, 0.6) is 0 Å². The Labute approximate surface area is 141 Å². The van der Waals surface area contributed by atoms with E-state index in [9.17, 15) is 4.79 Å². The zero-order valence-electron chi connectivity index (χ0n) is 14.4. The first kappa shape index (κ1) is 15.3. The summed E-state index contributed by atoms with van der Waals surface area (Å²) in [6, 6.07) is 0. The lowest BCUT2D eigenvalue weighted by molar-refractivity contribution is 0.617. The van der Waals surface area contributed by atoms with Crippen LogP contribution in [0.15, 0.2) is 11.1 Å². The third-order valence-corrected chi connectivity index (χ3v) is 5.11. The number of aryl methyl sites for hydroxylation is 3. The summed E-state index contributed by atoms with van der Waals surface area (Å²) in [5.41, 5.74) is 4.40. The molecule has 6 nitrogen and oxygen atoms in total. The summed E-state index contributed by atoms with van der Waals surface area (Å²) in [6.45, 7) is 6.09. The molecule has 0 N–H and O–H groups in total. The van der Waals surface area contributed by atoms with E-state index in [1.54, 1.807) is 10.9 Å². The van der Waals surface area contributed by atoms with E-state index in [1.165, 1.54) is 24.1 Å². The molecule has 0 atom stereocenters. The Morgan fingerprint density at radius 2 is 1.92 bits per heavy atom. The number of hydrogen-bond acceptors (Lipinski definition) is 5. The van der Waals surface area contributed by atoms with Crippen molar-refractivity contribution in [2.24, 2.45) is 0 Å². The minimum Gasteiger partial charge on any atom is -0.350 e. The largest absolute Gasteiger partial charge is 0.350 e. The molecule has 1 aliphatic heterocycles. The molecule has 24 heavy (non-hydrogen) atoms. The summed E-state index contributed by atoms with van der Waals surface area (Å²) in [7, 11) is 0. The van der Waals surface area contributed by atoms with Crippen LogP contribution < -0.4 is 10.5 Å². The first-order valence-corrected chi connectivity index (χ1v) is 8.86. The second-order valence-corrected chi connectivity index (χ2v) is 6.66. The molecule has 0 bridgehead atoms. The predicted octanol–water partition coefficient (Wildman–Crippen LogP) is 1.80. The highest BCUT2D eigenvalue weighted by Gasteiger charge is 2.26. The van der Waals surface area contributed by atoms with Gasteiger partial charge < -0.3 is 4.90 Å². The van der Waals surface area contributed by atoms with Gasteiger partial charge in [-0.15, -0.1) is 0 Å². The van der Waals surface area contributed by atoms with Gasteiger partial charge >= 0.3 is 0 Å². The zero-order chi connectivity index (χ0) is 16.7. The van der Waals surface area contributed by atoms with Crippen LogP contribution in [0.25, 0.3) is 0 Å². The maximum Gasteiger partial charge on any atom is 0.256 e. The molecule has 2 aliphatic rings. The number of rotatable bonds is 2. The molecule has 2 aromatic rings. The maximum atomic E-state index is 12.5. The summed E-state index contributed by atoms with van der Waals surface area (Å²) >= 11 is 0. The van der Waals surface area contributed by atoms with Crippen LogP contribution in [-0.2, 0) is 32.4 Å². The highest BCUT2D eigenvalue weighted by Crippen LogP contribution is 2.30. The van der Waals surface area contributed by atoms with Crippen molar-refractivity contribution in [2.75, 3.05) is 11.4 Å². The third kappa shape index (κ3) is 2.50. The Bertz CT molecular complexity index is 842. The molecule has 1 aliphatic carbocycles. The first-order chi connectivity index (χ1) is 11.7.